The summed E-state index contributed by atoms with van der Waals surface area (Å²) < 4.78 is 16.3. The smallest absolute Gasteiger partial charge is 0.228 e. The number of methoxy groups -OCH3 is 1. The van der Waals surface area contributed by atoms with Crippen LogP contribution in [-0.2, 0) is 9.53 Å². The molecule has 1 fully saturated rings. The van der Waals surface area contributed by atoms with Gasteiger partial charge in [-0.25, -0.2) is 0 Å². The largest absolute Gasteiger partial charge is 0.493 e. The Morgan fingerprint density at radius 3 is 2.67 bits per heavy atom. The predicted octanol–water partition coefficient (Wildman–Crippen LogP) is 2.03. The van der Waals surface area contributed by atoms with E-state index in [1.807, 2.05) is 32.0 Å². The number of ether oxygens (including phenoxy) is 3. The number of carbonyl (C=O) groups excluding carboxylic acids is 1. The van der Waals surface area contributed by atoms with E-state index in [1.165, 1.54) is 0 Å². The maximum absolute atomic E-state index is 12.8. The number of hydrogen-bond donors (Lipinski definition) is 2. The van der Waals surface area contributed by atoms with Crippen molar-refractivity contribution in [1.82, 2.24) is 5.32 Å². The van der Waals surface area contributed by atoms with Crippen molar-refractivity contribution in [2.45, 2.75) is 32.7 Å². The van der Waals surface area contributed by atoms with Gasteiger partial charge in [0.2, 0.25) is 5.91 Å². The van der Waals surface area contributed by atoms with Crippen molar-refractivity contribution >= 4 is 5.91 Å². The molecule has 1 saturated heterocycles. The lowest BCUT2D eigenvalue weighted by Crippen LogP contribution is -2.49. The Hall–Kier alpha value is -1.79. The number of amides is 1. The molecular formula is C18H28N2O4. The molecular weight excluding hydrogens is 308 g/mol. The van der Waals surface area contributed by atoms with Crippen molar-refractivity contribution in [2.24, 2.45) is 11.1 Å². The van der Waals surface area contributed by atoms with Gasteiger partial charge in [0.15, 0.2) is 11.5 Å². The van der Waals surface area contributed by atoms with Crippen molar-refractivity contribution in [1.29, 1.82) is 0 Å². The molecule has 1 atom stereocenters. The summed E-state index contributed by atoms with van der Waals surface area (Å²) in [5, 5.41) is 3.09. The monoisotopic (exact) mass is 336 g/mol. The van der Waals surface area contributed by atoms with Crippen LogP contribution in [0.4, 0.5) is 0 Å². The minimum absolute atomic E-state index is 0.00588. The van der Waals surface area contributed by atoms with Crippen LogP contribution >= 0.6 is 0 Å². The Labute approximate surface area is 143 Å². The second-order valence-corrected chi connectivity index (χ2v) is 6.14. The maximum atomic E-state index is 12.8. The minimum atomic E-state index is -0.526. The molecule has 0 spiro atoms. The molecule has 134 valence electrons. The van der Waals surface area contributed by atoms with Crippen LogP contribution in [0.1, 0.15) is 38.3 Å². The van der Waals surface area contributed by atoms with Gasteiger partial charge in [0.25, 0.3) is 0 Å². The third kappa shape index (κ3) is 3.99. The molecule has 1 aromatic rings. The van der Waals surface area contributed by atoms with E-state index in [0.29, 0.717) is 50.7 Å². The summed E-state index contributed by atoms with van der Waals surface area (Å²) in [6.45, 7) is 5.95. The number of benzene rings is 1. The van der Waals surface area contributed by atoms with E-state index in [9.17, 15) is 4.79 Å². The molecule has 3 N–H and O–H groups in total. The molecule has 0 aromatic heterocycles. The Morgan fingerprint density at radius 2 is 2.08 bits per heavy atom. The van der Waals surface area contributed by atoms with Gasteiger partial charge in [0, 0.05) is 19.8 Å². The number of nitrogens with one attached hydrogen (secondary N) is 1. The number of hydrogen-bond acceptors (Lipinski definition) is 5. The summed E-state index contributed by atoms with van der Waals surface area (Å²) in [7, 11) is 1.61. The molecule has 1 aliphatic rings. The highest BCUT2D eigenvalue weighted by atomic mass is 16.5. The fourth-order valence-corrected chi connectivity index (χ4v) is 2.95. The second kappa shape index (κ2) is 8.35. The van der Waals surface area contributed by atoms with Gasteiger partial charge in [-0.05, 0) is 44.4 Å². The van der Waals surface area contributed by atoms with Crippen molar-refractivity contribution in [3.05, 3.63) is 23.8 Å². The van der Waals surface area contributed by atoms with Crippen LogP contribution in [0.3, 0.4) is 0 Å². The zero-order valence-corrected chi connectivity index (χ0v) is 14.8. The molecule has 1 heterocycles. The van der Waals surface area contributed by atoms with Crippen molar-refractivity contribution < 1.29 is 19.0 Å². The van der Waals surface area contributed by atoms with Crippen LogP contribution in [0.2, 0.25) is 0 Å². The van der Waals surface area contributed by atoms with E-state index < -0.39 is 5.41 Å². The van der Waals surface area contributed by atoms with Crippen LogP contribution < -0.4 is 20.5 Å². The topological polar surface area (TPSA) is 82.8 Å². The fourth-order valence-electron chi connectivity index (χ4n) is 2.95. The van der Waals surface area contributed by atoms with Gasteiger partial charge in [-0.3, -0.25) is 4.79 Å². The van der Waals surface area contributed by atoms with Crippen LogP contribution in [0.5, 0.6) is 11.5 Å². The summed E-state index contributed by atoms with van der Waals surface area (Å²) >= 11 is 0. The van der Waals surface area contributed by atoms with Crippen LogP contribution in [0.15, 0.2) is 18.2 Å². The zero-order chi connectivity index (χ0) is 17.6. The molecule has 0 saturated carbocycles. The molecule has 6 heteroatoms. The standard InChI is InChI=1S/C18H28N2O4/c1-4-24-15-6-5-14(11-16(15)22-3)13(2)20-17(21)18(12-19)7-9-23-10-8-18/h5-6,11,13H,4,7-10,12,19H2,1-3H3,(H,20,21). The first-order chi connectivity index (χ1) is 11.6. The summed E-state index contributed by atoms with van der Waals surface area (Å²) in [5.41, 5.74) is 6.33. The van der Waals surface area contributed by atoms with E-state index in [-0.39, 0.29) is 11.9 Å². The number of rotatable bonds is 7. The highest BCUT2D eigenvalue weighted by molar-refractivity contribution is 5.83. The number of nitrogens with two attached hydrogens (primary N) is 1. The molecule has 0 bridgehead atoms. The average Bonchev–Trinajstić information content (AvgIpc) is 2.62. The lowest BCUT2D eigenvalue weighted by atomic mass is 9.79. The molecule has 1 unspecified atom stereocenters. The first-order valence-corrected chi connectivity index (χ1v) is 8.46. The van der Waals surface area contributed by atoms with Crippen LogP contribution in [-0.4, -0.2) is 39.4 Å². The maximum Gasteiger partial charge on any atom is 0.228 e. The molecule has 1 aliphatic heterocycles. The normalized spacial score (nSPS) is 17.8. The van der Waals surface area contributed by atoms with Crippen molar-refractivity contribution in [3.8, 4) is 11.5 Å². The van der Waals surface area contributed by atoms with E-state index in [4.69, 9.17) is 19.9 Å². The van der Waals surface area contributed by atoms with Crippen molar-refractivity contribution in [2.75, 3.05) is 33.5 Å². The molecule has 1 aromatic carbocycles. The van der Waals surface area contributed by atoms with Gasteiger partial charge in [-0.1, -0.05) is 6.07 Å². The predicted molar refractivity (Wildman–Crippen MR) is 92.3 cm³/mol. The first-order valence-electron chi connectivity index (χ1n) is 8.46. The van der Waals surface area contributed by atoms with Crippen molar-refractivity contribution in [3.63, 3.8) is 0 Å². The van der Waals surface area contributed by atoms with E-state index >= 15 is 0 Å². The lowest BCUT2D eigenvalue weighted by Gasteiger charge is -2.35. The third-order valence-corrected chi connectivity index (χ3v) is 4.66. The third-order valence-electron chi connectivity index (χ3n) is 4.66. The Kier molecular flexibility index (Phi) is 6.45. The van der Waals surface area contributed by atoms with Gasteiger partial charge in [0.05, 0.1) is 25.2 Å². The summed E-state index contributed by atoms with van der Waals surface area (Å²) in [5.74, 6) is 1.36. The molecule has 1 amide bonds. The molecule has 0 radical (unpaired) electrons. The van der Waals surface area contributed by atoms with Crippen LogP contribution in [0.25, 0.3) is 0 Å². The van der Waals surface area contributed by atoms with Gasteiger partial charge in [-0.2, -0.15) is 0 Å². The second-order valence-electron chi connectivity index (χ2n) is 6.14. The highest BCUT2D eigenvalue weighted by Crippen LogP contribution is 2.33. The minimum Gasteiger partial charge on any atom is -0.493 e. The zero-order valence-electron chi connectivity index (χ0n) is 14.8. The first kappa shape index (κ1) is 18.5. The van der Waals surface area contributed by atoms with Gasteiger partial charge in [-0.15, -0.1) is 0 Å². The molecule has 2 rings (SSSR count). The highest BCUT2D eigenvalue weighted by Gasteiger charge is 2.39. The Balaban J connectivity index is 2.11. The van der Waals surface area contributed by atoms with Gasteiger partial charge >= 0.3 is 0 Å². The summed E-state index contributed by atoms with van der Waals surface area (Å²) in [6.07, 6.45) is 1.32. The lowest BCUT2D eigenvalue weighted by molar-refractivity contribution is -0.136. The van der Waals surface area contributed by atoms with Gasteiger partial charge < -0.3 is 25.3 Å². The summed E-state index contributed by atoms with van der Waals surface area (Å²) in [4.78, 5) is 12.8. The molecule has 24 heavy (non-hydrogen) atoms. The van der Waals surface area contributed by atoms with E-state index in [1.54, 1.807) is 7.11 Å². The molecule has 0 aliphatic carbocycles. The Morgan fingerprint density at radius 1 is 1.38 bits per heavy atom. The van der Waals surface area contributed by atoms with Crippen LogP contribution in [0, 0.1) is 5.41 Å². The quantitative estimate of drug-likeness (QED) is 0.796. The molecule has 6 nitrogen and oxygen atoms in total. The fraction of sp³-hybridized carbons (Fsp3) is 0.611. The average molecular weight is 336 g/mol. The Bertz CT molecular complexity index is 556. The summed E-state index contributed by atoms with van der Waals surface area (Å²) in [6, 6.07) is 5.56. The van der Waals surface area contributed by atoms with E-state index in [0.717, 1.165) is 5.56 Å². The SMILES string of the molecule is CCOc1ccc(C(C)NC(=O)C2(CN)CCOCC2)cc1OC. The van der Waals surface area contributed by atoms with Gasteiger partial charge in [0.1, 0.15) is 0 Å². The number of carbonyl (C=O) groups is 1. The van der Waals surface area contributed by atoms with E-state index in [2.05, 4.69) is 5.32 Å².